The molecule has 2 amide bonds. The lowest BCUT2D eigenvalue weighted by molar-refractivity contribution is -0.146. The number of hydrogen-bond donors (Lipinski definition) is 2. The monoisotopic (exact) mass is 298 g/mol. The minimum absolute atomic E-state index is 0.0486. The first-order valence-corrected chi connectivity index (χ1v) is 7.32. The van der Waals surface area contributed by atoms with E-state index in [9.17, 15) is 14.4 Å². The third-order valence-corrected chi connectivity index (χ3v) is 4.42. The predicted molar refractivity (Wildman–Crippen MR) is 73.7 cm³/mol. The van der Waals surface area contributed by atoms with Crippen LogP contribution in [0.5, 0.6) is 0 Å². The van der Waals surface area contributed by atoms with E-state index in [-0.39, 0.29) is 24.3 Å². The van der Waals surface area contributed by atoms with Crippen LogP contribution in [0.25, 0.3) is 0 Å². The van der Waals surface area contributed by atoms with Crippen molar-refractivity contribution >= 4 is 18.0 Å². The van der Waals surface area contributed by atoms with E-state index in [2.05, 4.69) is 5.32 Å². The van der Waals surface area contributed by atoms with Crippen molar-refractivity contribution in [3.8, 4) is 0 Å². The van der Waals surface area contributed by atoms with Gasteiger partial charge in [0.25, 0.3) is 0 Å². The molecule has 1 saturated carbocycles. The Labute approximate surface area is 123 Å². The fourth-order valence-electron chi connectivity index (χ4n) is 3.07. The Kier molecular flexibility index (Phi) is 4.69. The zero-order valence-electron chi connectivity index (χ0n) is 12.3. The number of carboxylic acid groups (broad SMARTS) is 1. The number of urea groups is 1. The number of ether oxygens (including phenoxy) is 1. The van der Waals surface area contributed by atoms with Crippen LogP contribution in [0.3, 0.4) is 0 Å². The Hall–Kier alpha value is -1.79. The Morgan fingerprint density at radius 1 is 1.33 bits per heavy atom. The van der Waals surface area contributed by atoms with Crippen LogP contribution in [0.2, 0.25) is 0 Å². The third-order valence-electron chi connectivity index (χ3n) is 4.42. The van der Waals surface area contributed by atoms with E-state index in [4.69, 9.17) is 9.84 Å². The molecule has 1 heterocycles. The number of rotatable bonds is 4. The van der Waals surface area contributed by atoms with Crippen LogP contribution in [0, 0.1) is 5.92 Å². The average Bonchev–Trinajstić information content (AvgIpc) is 2.43. The van der Waals surface area contributed by atoms with Gasteiger partial charge in [0, 0.05) is 13.1 Å². The highest BCUT2D eigenvalue weighted by molar-refractivity contribution is 5.79. The summed E-state index contributed by atoms with van der Waals surface area (Å²) in [6.45, 7) is 0.921. The smallest absolute Gasteiger partial charge is 0.317 e. The molecule has 1 atom stereocenters. The number of aliphatic carboxylic acids is 1. The first-order valence-electron chi connectivity index (χ1n) is 7.32. The van der Waals surface area contributed by atoms with E-state index in [1.807, 2.05) is 0 Å². The van der Waals surface area contributed by atoms with Gasteiger partial charge < -0.3 is 20.1 Å². The first kappa shape index (κ1) is 15.6. The molecule has 2 fully saturated rings. The molecule has 1 aliphatic heterocycles. The van der Waals surface area contributed by atoms with Crippen molar-refractivity contribution in [2.75, 3.05) is 20.2 Å². The molecule has 0 radical (unpaired) electrons. The number of esters is 1. The van der Waals surface area contributed by atoms with Gasteiger partial charge in [0.15, 0.2) is 0 Å². The molecule has 0 aromatic heterocycles. The normalized spacial score (nSPS) is 23.9. The van der Waals surface area contributed by atoms with Gasteiger partial charge in [-0.2, -0.15) is 0 Å². The zero-order chi connectivity index (χ0) is 15.5. The molecule has 0 aromatic carbocycles. The maximum absolute atomic E-state index is 12.3. The number of nitrogens with one attached hydrogen (secondary N) is 1. The predicted octanol–water partition coefficient (Wildman–Crippen LogP) is 0.978. The number of carboxylic acids is 1. The second-order valence-electron chi connectivity index (χ2n) is 5.94. The number of amides is 2. The summed E-state index contributed by atoms with van der Waals surface area (Å²) in [6, 6.07) is -0.274. The lowest BCUT2D eigenvalue weighted by Gasteiger charge is -2.43. The zero-order valence-corrected chi connectivity index (χ0v) is 12.3. The highest BCUT2D eigenvalue weighted by atomic mass is 16.5. The van der Waals surface area contributed by atoms with Gasteiger partial charge in [-0.3, -0.25) is 9.59 Å². The summed E-state index contributed by atoms with van der Waals surface area (Å²) in [5.41, 5.74) is -0.610. The van der Waals surface area contributed by atoms with E-state index < -0.39 is 11.5 Å². The summed E-state index contributed by atoms with van der Waals surface area (Å²) in [6.07, 6.45) is 3.74. The maximum Gasteiger partial charge on any atom is 0.317 e. The lowest BCUT2D eigenvalue weighted by Crippen LogP contribution is -2.59. The van der Waals surface area contributed by atoms with Crippen LogP contribution < -0.4 is 5.32 Å². The fraction of sp³-hybridized carbons (Fsp3) is 0.786. The van der Waals surface area contributed by atoms with Crippen LogP contribution in [-0.4, -0.2) is 53.7 Å². The molecule has 0 spiro atoms. The van der Waals surface area contributed by atoms with Gasteiger partial charge in [-0.05, 0) is 32.1 Å². The molecule has 0 bridgehead atoms. The molecule has 2 aliphatic rings. The summed E-state index contributed by atoms with van der Waals surface area (Å²) < 4.78 is 4.73. The standard InChI is InChI=1S/C14H22N2O5/c1-21-12(19)10-4-2-7-16(9-10)13(20)15-14(5-3-6-14)8-11(17)18/h10H,2-9H2,1H3,(H,15,20)(H,17,18). The molecule has 118 valence electrons. The SMILES string of the molecule is COC(=O)C1CCCN(C(=O)NC2(CC(=O)O)CCC2)C1. The van der Waals surface area contributed by atoms with Gasteiger partial charge in [0.2, 0.25) is 0 Å². The van der Waals surface area contributed by atoms with Crippen LogP contribution in [0.15, 0.2) is 0 Å². The molecular weight excluding hydrogens is 276 g/mol. The Morgan fingerprint density at radius 3 is 2.57 bits per heavy atom. The van der Waals surface area contributed by atoms with Crippen molar-refractivity contribution in [3.63, 3.8) is 0 Å². The lowest BCUT2D eigenvalue weighted by atomic mass is 9.74. The second kappa shape index (κ2) is 6.32. The molecule has 2 rings (SSSR count). The van der Waals surface area contributed by atoms with Crippen LogP contribution in [0.4, 0.5) is 4.79 Å². The summed E-state index contributed by atoms with van der Waals surface area (Å²) >= 11 is 0. The van der Waals surface area contributed by atoms with E-state index in [0.717, 1.165) is 19.3 Å². The fourth-order valence-corrected chi connectivity index (χ4v) is 3.07. The van der Waals surface area contributed by atoms with E-state index in [0.29, 0.717) is 25.9 Å². The largest absolute Gasteiger partial charge is 0.481 e. The number of piperidine rings is 1. The minimum Gasteiger partial charge on any atom is -0.481 e. The van der Waals surface area contributed by atoms with E-state index in [1.165, 1.54) is 7.11 Å². The summed E-state index contributed by atoms with van der Waals surface area (Å²) in [5, 5.41) is 11.8. The van der Waals surface area contributed by atoms with Gasteiger partial charge in [0.1, 0.15) is 0 Å². The van der Waals surface area contributed by atoms with Crippen molar-refractivity contribution in [1.29, 1.82) is 0 Å². The average molecular weight is 298 g/mol. The Bertz CT molecular complexity index is 433. The van der Waals surface area contributed by atoms with Gasteiger partial charge >= 0.3 is 18.0 Å². The van der Waals surface area contributed by atoms with Crippen LogP contribution >= 0.6 is 0 Å². The van der Waals surface area contributed by atoms with Crippen molar-refractivity contribution in [3.05, 3.63) is 0 Å². The number of hydrogen-bond acceptors (Lipinski definition) is 4. The third kappa shape index (κ3) is 3.65. The molecule has 2 N–H and O–H groups in total. The molecule has 1 aliphatic carbocycles. The second-order valence-corrected chi connectivity index (χ2v) is 5.94. The van der Waals surface area contributed by atoms with Crippen molar-refractivity contribution in [2.45, 2.75) is 44.1 Å². The first-order chi connectivity index (χ1) is 9.96. The van der Waals surface area contributed by atoms with Gasteiger partial charge in [-0.25, -0.2) is 4.79 Å². The van der Waals surface area contributed by atoms with Crippen LogP contribution in [0.1, 0.15) is 38.5 Å². The number of nitrogens with zero attached hydrogens (tertiary/aromatic N) is 1. The molecule has 1 saturated heterocycles. The highest BCUT2D eigenvalue weighted by Crippen LogP contribution is 2.35. The Balaban J connectivity index is 1.93. The summed E-state index contributed by atoms with van der Waals surface area (Å²) in [7, 11) is 1.34. The molecular formula is C14H22N2O5. The summed E-state index contributed by atoms with van der Waals surface area (Å²) in [4.78, 5) is 36.4. The van der Waals surface area contributed by atoms with Crippen LogP contribution in [-0.2, 0) is 14.3 Å². The van der Waals surface area contributed by atoms with Crippen molar-refractivity contribution in [1.82, 2.24) is 10.2 Å². The molecule has 1 unspecified atom stereocenters. The molecule has 7 nitrogen and oxygen atoms in total. The Morgan fingerprint density at radius 2 is 2.05 bits per heavy atom. The van der Waals surface area contributed by atoms with E-state index in [1.54, 1.807) is 4.90 Å². The van der Waals surface area contributed by atoms with E-state index >= 15 is 0 Å². The van der Waals surface area contributed by atoms with Gasteiger partial charge in [-0.15, -0.1) is 0 Å². The van der Waals surface area contributed by atoms with Crippen molar-refractivity contribution < 1.29 is 24.2 Å². The number of carbonyl (C=O) groups excluding carboxylic acids is 2. The maximum atomic E-state index is 12.3. The minimum atomic E-state index is -0.902. The number of carbonyl (C=O) groups is 3. The summed E-state index contributed by atoms with van der Waals surface area (Å²) in [5.74, 6) is -1.48. The molecule has 0 aromatic rings. The quantitative estimate of drug-likeness (QED) is 0.754. The van der Waals surface area contributed by atoms with Gasteiger partial charge in [0.05, 0.1) is 25.0 Å². The number of methoxy groups -OCH3 is 1. The molecule has 7 heteroatoms. The van der Waals surface area contributed by atoms with Crippen molar-refractivity contribution in [2.24, 2.45) is 5.92 Å². The molecule has 21 heavy (non-hydrogen) atoms. The highest BCUT2D eigenvalue weighted by Gasteiger charge is 2.42. The topological polar surface area (TPSA) is 95.9 Å². The number of likely N-dealkylation sites (tertiary alicyclic amines) is 1. The van der Waals surface area contributed by atoms with Gasteiger partial charge in [-0.1, -0.05) is 0 Å².